The summed E-state index contributed by atoms with van der Waals surface area (Å²) >= 11 is 0. The molecule has 2 aliphatic heterocycles. The Labute approximate surface area is 225 Å². The van der Waals surface area contributed by atoms with Crippen molar-refractivity contribution in [1.82, 2.24) is 4.90 Å². The van der Waals surface area contributed by atoms with E-state index in [9.17, 15) is 4.79 Å². The molecule has 9 atom stereocenters. The van der Waals surface area contributed by atoms with Gasteiger partial charge in [-0.1, -0.05) is 20.4 Å². The number of fused-ring (bicyclic) bond motifs is 5. The van der Waals surface area contributed by atoms with E-state index in [4.69, 9.17) is 9.47 Å². The number of carbonyl (C=O) groups is 1. The highest BCUT2D eigenvalue weighted by Crippen LogP contribution is 2.67. The second kappa shape index (κ2) is 9.93. The van der Waals surface area contributed by atoms with Crippen LogP contribution in [-0.2, 0) is 14.3 Å². The molecule has 0 aromatic heterocycles. The summed E-state index contributed by atoms with van der Waals surface area (Å²) in [5, 5.41) is 0. The molecule has 6 aliphatic rings. The summed E-state index contributed by atoms with van der Waals surface area (Å²) in [6.07, 6.45) is 15.6. The molecular formula is C32H53N2O3+. The Balaban J connectivity index is 1.29. The first-order chi connectivity index (χ1) is 17.8. The maximum atomic E-state index is 12.5. The first-order valence-corrected chi connectivity index (χ1v) is 15.8. The van der Waals surface area contributed by atoms with Crippen molar-refractivity contribution in [2.75, 3.05) is 45.9 Å². The van der Waals surface area contributed by atoms with E-state index < -0.39 is 0 Å². The van der Waals surface area contributed by atoms with E-state index in [1.54, 1.807) is 6.92 Å². The number of carbonyl (C=O) groups excluding carboxylic acids is 1. The van der Waals surface area contributed by atoms with Crippen LogP contribution in [0.3, 0.4) is 0 Å². The van der Waals surface area contributed by atoms with Crippen LogP contribution in [0.1, 0.15) is 85.0 Å². The molecule has 37 heavy (non-hydrogen) atoms. The predicted octanol–water partition coefficient (Wildman–Crippen LogP) is 5.44. The van der Waals surface area contributed by atoms with Gasteiger partial charge >= 0.3 is 5.97 Å². The number of quaternary nitrogens is 1. The Morgan fingerprint density at radius 2 is 1.78 bits per heavy atom. The number of likely N-dealkylation sites (tertiary alicyclic amines) is 1. The van der Waals surface area contributed by atoms with Crippen LogP contribution in [0.15, 0.2) is 12.7 Å². The molecule has 2 saturated heterocycles. The molecule has 9 unspecified atom stereocenters. The summed E-state index contributed by atoms with van der Waals surface area (Å²) in [5.41, 5.74) is 0.579. The molecular weight excluding hydrogens is 460 g/mol. The zero-order valence-corrected chi connectivity index (χ0v) is 24.0. The maximum Gasteiger partial charge on any atom is 0.303 e. The summed E-state index contributed by atoms with van der Waals surface area (Å²) in [6, 6.07) is 1.18. The standard InChI is InChI=1S/C32H53N2O3/c1-5-16-34(17-6-7-18-34)29-21-28-26-11-9-24-8-10-25(33-14-19-36-20-15-33)22-32(24,4)27(26)12-13-31(28,3)30(29)37-23(2)35/h5,24-30H,1,6-22H2,2-4H3/q+1. The number of hydrogen-bond acceptors (Lipinski definition) is 4. The van der Waals surface area contributed by atoms with Gasteiger partial charge in [0.1, 0.15) is 6.04 Å². The lowest BCUT2D eigenvalue weighted by Gasteiger charge is -2.61. The fourth-order valence-electron chi connectivity index (χ4n) is 11.3. The highest BCUT2D eigenvalue weighted by Gasteiger charge is 2.67. The van der Waals surface area contributed by atoms with Gasteiger partial charge in [-0.05, 0) is 80.1 Å². The minimum atomic E-state index is -0.0775. The van der Waals surface area contributed by atoms with Crippen molar-refractivity contribution in [2.45, 2.75) is 103 Å². The first-order valence-electron chi connectivity index (χ1n) is 15.8. The third-order valence-electron chi connectivity index (χ3n) is 13.0. The van der Waals surface area contributed by atoms with E-state index in [1.807, 2.05) is 0 Å². The Bertz CT molecular complexity index is 864. The zero-order valence-electron chi connectivity index (χ0n) is 24.0. The monoisotopic (exact) mass is 513 g/mol. The average Bonchev–Trinajstić information content (AvgIpc) is 3.47. The Morgan fingerprint density at radius 3 is 2.49 bits per heavy atom. The second-order valence-electron chi connectivity index (χ2n) is 14.5. The number of nitrogens with zero attached hydrogens (tertiary/aromatic N) is 2. The summed E-state index contributed by atoms with van der Waals surface area (Å²) in [7, 11) is 0. The lowest BCUT2D eigenvalue weighted by atomic mass is 9.45. The fourth-order valence-corrected chi connectivity index (χ4v) is 11.3. The van der Waals surface area contributed by atoms with Gasteiger partial charge in [0.2, 0.25) is 0 Å². The van der Waals surface area contributed by atoms with Gasteiger partial charge in [-0.15, -0.1) is 0 Å². The highest BCUT2D eigenvalue weighted by molar-refractivity contribution is 5.66. The summed E-state index contributed by atoms with van der Waals surface area (Å²) in [5.74, 6) is 3.12. The lowest BCUT2D eigenvalue weighted by Crippen LogP contribution is -2.59. The van der Waals surface area contributed by atoms with Gasteiger partial charge in [-0.25, -0.2) is 0 Å². The van der Waals surface area contributed by atoms with E-state index >= 15 is 0 Å². The topological polar surface area (TPSA) is 38.8 Å². The molecule has 0 N–H and O–H groups in total. The van der Waals surface area contributed by atoms with E-state index in [1.165, 1.54) is 77.3 Å². The number of morpholine rings is 1. The summed E-state index contributed by atoms with van der Waals surface area (Å²) < 4.78 is 13.2. The van der Waals surface area contributed by atoms with E-state index in [0.29, 0.717) is 17.4 Å². The van der Waals surface area contributed by atoms with Crippen LogP contribution in [0.5, 0.6) is 0 Å². The average molecular weight is 514 g/mol. The van der Waals surface area contributed by atoms with Gasteiger partial charge < -0.3 is 14.0 Å². The molecule has 0 bridgehead atoms. The highest BCUT2D eigenvalue weighted by atomic mass is 16.5. The SMILES string of the molecule is C=CC[N+]1(C2CC3C4CCC5CCC(N6CCOCC6)CC5(C)C4CCC3(C)C2OC(C)=O)CCCC1. The Hall–Kier alpha value is -0.910. The Kier molecular flexibility index (Phi) is 7.06. The number of esters is 1. The zero-order chi connectivity index (χ0) is 25.8. The number of hydrogen-bond donors (Lipinski definition) is 0. The second-order valence-corrected chi connectivity index (χ2v) is 14.5. The van der Waals surface area contributed by atoms with Crippen LogP contribution in [-0.4, -0.2) is 79.5 Å². The van der Waals surface area contributed by atoms with Crippen molar-refractivity contribution in [3.63, 3.8) is 0 Å². The van der Waals surface area contributed by atoms with Crippen molar-refractivity contribution in [2.24, 2.45) is 34.5 Å². The summed E-state index contributed by atoms with van der Waals surface area (Å²) in [6.45, 7) is 18.6. The van der Waals surface area contributed by atoms with Crippen LogP contribution in [0.2, 0.25) is 0 Å². The fraction of sp³-hybridized carbons (Fsp3) is 0.906. The van der Waals surface area contributed by atoms with E-state index in [2.05, 4.69) is 31.4 Å². The van der Waals surface area contributed by atoms with Crippen molar-refractivity contribution in [3.8, 4) is 0 Å². The van der Waals surface area contributed by atoms with E-state index in [0.717, 1.165) is 61.1 Å². The third kappa shape index (κ3) is 4.25. The van der Waals surface area contributed by atoms with Gasteiger partial charge in [-0.3, -0.25) is 9.69 Å². The molecule has 0 aromatic rings. The molecule has 0 aromatic carbocycles. The predicted molar refractivity (Wildman–Crippen MR) is 147 cm³/mol. The maximum absolute atomic E-state index is 12.5. The molecule has 5 nitrogen and oxygen atoms in total. The summed E-state index contributed by atoms with van der Waals surface area (Å²) in [4.78, 5) is 15.2. The minimum absolute atomic E-state index is 0.0620. The number of rotatable bonds is 5. The molecule has 0 spiro atoms. The molecule has 208 valence electrons. The van der Waals surface area contributed by atoms with Crippen molar-refractivity contribution >= 4 is 5.97 Å². The quantitative estimate of drug-likeness (QED) is 0.279. The van der Waals surface area contributed by atoms with Crippen LogP contribution < -0.4 is 0 Å². The van der Waals surface area contributed by atoms with Gasteiger partial charge in [0, 0.05) is 50.7 Å². The Morgan fingerprint density at radius 1 is 1.05 bits per heavy atom. The normalized spacial score (nSPS) is 47.5. The molecule has 5 heteroatoms. The van der Waals surface area contributed by atoms with E-state index in [-0.39, 0.29) is 17.5 Å². The molecule has 2 heterocycles. The smallest absolute Gasteiger partial charge is 0.303 e. The molecule has 4 aliphatic carbocycles. The van der Waals surface area contributed by atoms with Gasteiger partial charge in [0.15, 0.2) is 6.10 Å². The molecule has 4 saturated carbocycles. The van der Waals surface area contributed by atoms with Gasteiger partial charge in [0.05, 0.1) is 32.8 Å². The van der Waals surface area contributed by atoms with Crippen molar-refractivity contribution < 1.29 is 18.8 Å². The van der Waals surface area contributed by atoms with Gasteiger partial charge in [0.25, 0.3) is 0 Å². The van der Waals surface area contributed by atoms with Crippen LogP contribution in [0, 0.1) is 34.5 Å². The van der Waals surface area contributed by atoms with Gasteiger partial charge in [-0.2, -0.15) is 0 Å². The molecule has 0 amide bonds. The van der Waals surface area contributed by atoms with Crippen LogP contribution >= 0.6 is 0 Å². The van der Waals surface area contributed by atoms with Crippen molar-refractivity contribution in [3.05, 3.63) is 12.7 Å². The molecule has 6 rings (SSSR count). The largest absolute Gasteiger partial charge is 0.456 e. The third-order valence-corrected chi connectivity index (χ3v) is 13.0. The first kappa shape index (κ1) is 26.3. The lowest BCUT2D eigenvalue weighted by molar-refractivity contribution is -0.937. The molecule has 0 radical (unpaired) electrons. The minimum Gasteiger partial charge on any atom is -0.456 e. The number of ether oxygens (including phenoxy) is 2. The van der Waals surface area contributed by atoms with Crippen LogP contribution in [0.4, 0.5) is 0 Å². The van der Waals surface area contributed by atoms with Crippen molar-refractivity contribution in [1.29, 1.82) is 0 Å². The van der Waals surface area contributed by atoms with Crippen LogP contribution in [0.25, 0.3) is 0 Å². The molecule has 6 fully saturated rings.